The van der Waals surface area contributed by atoms with E-state index in [1.165, 1.54) is 16.8 Å². The Labute approximate surface area is 126 Å². The van der Waals surface area contributed by atoms with Crippen molar-refractivity contribution in [1.29, 1.82) is 0 Å². The Balaban J connectivity index is 2.07. The van der Waals surface area contributed by atoms with Gasteiger partial charge in [0.15, 0.2) is 0 Å². The molecular formula is C17H21ClN2. The number of nitrogens with zero attached hydrogens (tertiary/aromatic N) is 1. The maximum Gasteiger partial charge on any atom is 0.0426 e. The van der Waals surface area contributed by atoms with E-state index < -0.39 is 0 Å². The van der Waals surface area contributed by atoms with Crippen LogP contribution in [0.25, 0.3) is 0 Å². The molecule has 0 fully saturated rings. The Hall–Kier alpha value is -1.51. The molecule has 1 N–H and O–H groups in total. The predicted octanol–water partition coefficient (Wildman–Crippen LogP) is 4.26. The van der Waals surface area contributed by atoms with E-state index in [0.717, 1.165) is 11.6 Å². The molecule has 0 heterocycles. The van der Waals surface area contributed by atoms with Crippen molar-refractivity contribution in [2.75, 3.05) is 19.0 Å². The minimum atomic E-state index is 0.377. The summed E-state index contributed by atoms with van der Waals surface area (Å²) in [6.07, 6.45) is 0. The van der Waals surface area contributed by atoms with Gasteiger partial charge >= 0.3 is 0 Å². The summed E-state index contributed by atoms with van der Waals surface area (Å²) in [5, 5.41) is 4.03. The lowest BCUT2D eigenvalue weighted by Crippen LogP contribution is -2.17. The van der Waals surface area contributed by atoms with E-state index in [1.807, 2.05) is 25.2 Å². The van der Waals surface area contributed by atoms with Crippen LogP contribution in [0.15, 0.2) is 48.5 Å². The fourth-order valence-corrected chi connectivity index (χ4v) is 2.40. The molecule has 0 saturated heterocycles. The molecule has 0 bridgehead atoms. The Morgan fingerprint density at radius 1 is 1.15 bits per heavy atom. The molecule has 2 aromatic carbocycles. The lowest BCUT2D eigenvalue weighted by atomic mass is 10.1. The highest BCUT2D eigenvalue weighted by Crippen LogP contribution is 2.20. The molecule has 0 aromatic heterocycles. The quantitative estimate of drug-likeness (QED) is 0.884. The van der Waals surface area contributed by atoms with Gasteiger partial charge in [0, 0.05) is 30.3 Å². The third kappa shape index (κ3) is 3.75. The Kier molecular flexibility index (Phi) is 5.05. The molecule has 1 atom stereocenters. The first-order chi connectivity index (χ1) is 9.60. The molecule has 0 radical (unpaired) electrons. The van der Waals surface area contributed by atoms with Crippen LogP contribution in [0.3, 0.4) is 0 Å². The summed E-state index contributed by atoms with van der Waals surface area (Å²) in [6, 6.07) is 17.0. The summed E-state index contributed by atoms with van der Waals surface area (Å²) in [5.74, 6) is 0. The highest BCUT2D eigenvalue weighted by molar-refractivity contribution is 6.30. The molecule has 0 aliphatic carbocycles. The molecule has 106 valence electrons. The van der Waals surface area contributed by atoms with Gasteiger partial charge in [-0.3, -0.25) is 0 Å². The highest BCUT2D eigenvalue weighted by atomic mass is 35.5. The summed E-state index contributed by atoms with van der Waals surface area (Å²) in [5.41, 5.74) is 3.72. The number of halogens is 1. The molecule has 0 aliphatic heterocycles. The zero-order chi connectivity index (χ0) is 14.5. The van der Waals surface area contributed by atoms with E-state index in [1.54, 1.807) is 0 Å². The SMILES string of the molecule is CNC(C)c1ccc(N(C)Cc2cccc(Cl)c2)cc1. The largest absolute Gasteiger partial charge is 0.370 e. The monoisotopic (exact) mass is 288 g/mol. The highest BCUT2D eigenvalue weighted by Gasteiger charge is 2.05. The summed E-state index contributed by atoms with van der Waals surface area (Å²) < 4.78 is 0. The standard InChI is InChI=1S/C17H21ClN2/c1-13(19-2)15-7-9-17(10-8-15)20(3)12-14-5-4-6-16(18)11-14/h4-11,13,19H,12H2,1-3H3. The van der Waals surface area contributed by atoms with Crippen molar-refractivity contribution in [3.05, 3.63) is 64.7 Å². The molecule has 2 rings (SSSR count). The van der Waals surface area contributed by atoms with Crippen molar-refractivity contribution in [3.8, 4) is 0 Å². The average Bonchev–Trinajstić information content (AvgIpc) is 2.46. The van der Waals surface area contributed by atoms with Crippen LogP contribution >= 0.6 is 11.6 Å². The third-order valence-corrected chi connectivity index (χ3v) is 3.81. The van der Waals surface area contributed by atoms with Gasteiger partial charge in [0.25, 0.3) is 0 Å². The lowest BCUT2D eigenvalue weighted by molar-refractivity contribution is 0.652. The summed E-state index contributed by atoms with van der Waals surface area (Å²) >= 11 is 6.02. The van der Waals surface area contributed by atoms with Gasteiger partial charge < -0.3 is 10.2 Å². The van der Waals surface area contributed by atoms with Crippen molar-refractivity contribution < 1.29 is 0 Å². The Bertz CT molecular complexity index is 551. The van der Waals surface area contributed by atoms with E-state index in [-0.39, 0.29) is 0 Å². The molecule has 20 heavy (non-hydrogen) atoms. The van der Waals surface area contributed by atoms with Crippen LogP contribution in [-0.2, 0) is 6.54 Å². The first-order valence-corrected chi connectivity index (χ1v) is 7.20. The Morgan fingerprint density at radius 3 is 2.45 bits per heavy atom. The van der Waals surface area contributed by atoms with Crippen molar-refractivity contribution in [2.24, 2.45) is 0 Å². The van der Waals surface area contributed by atoms with E-state index >= 15 is 0 Å². The zero-order valence-corrected chi connectivity index (χ0v) is 13.0. The maximum absolute atomic E-state index is 6.02. The second-order valence-electron chi connectivity index (χ2n) is 5.09. The normalized spacial score (nSPS) is 12.2. The second-order valence-corrected chi connectivity index (χ2v) is 5.52. The first-order valence-electron chi connectivity index (χ1n) is 6.83. The fourth-order valence-electron chi connectivity index (χ4n) is 2.18. The molecule has 0 spiro atoms. The van der Waals surface area contributed by atoms with Gasteiger partial charge in [-0.1, -0.05) is 35.9 Å². The molecule has 2 nitrogen and oxygen atoms in total. The number of rotatable bonds is 5. The molecule has 0 saturated carbocycles. The summed E-state index contributed by atoms with van der Waals surface area (Å²) in [7, 11) is 4.07. The van der Waals surface area contributed by atoms with Gasteiger partial charge in [0.1, 0.15) is 0 Å². The van der Waals surface area contributed by atoms with Crippen molar-refractivity contribution in [1.82, 2.24) is 5.32 Å². The van der Waals surface area contributed by atoms with E-state index in [9.17, 15) is 0 Å². The summed E-state index contributed by atoms with van der Waals surface area (Å²) in [6.45, 7) is 3.01. The van der Waals surface area contributed by atoms with Crippen LogP contribution < -0.4 is 10.2 Å². The molecule has 3 heteroatoms. The van der Waals surface area contributed by atoms with Gasteiger partial charge in [-0.2, -0.15) is 0 Å². The van der Waals surface area contributed by atoms with Gasteiger partial charge in [-0.25, -0.2) is 0 Å². The van der Waals surface area contributed by atoms with E-state index in [0.29, 0.717) is 6.04 Å². The number of nitrogens with one attached hydrogen (secondary N) is 1. The molecule has 1 unspecified atom stereocenters. The minimum Gasteiger partial charge on any atom is -0.370 e. The third-order valence-electron chi connectivity index (χ3n) is 3.58. The van der Waals surface area contributed by atoms with Crippen LogP contribution in [0.1, 0.15) is 24.1 Å². The van der Waals surface area contributed by atoms with Gasteiger partial charge in [-0.05, 0) is 49.4 Å². The number of hydrogen-bond donors (Lipinski definition) is 1. The van der Waals surface area contributed by atoms with E-state index in [4.69, 9.17) is 11.6 Å². The lowest BCUT2D eigenvalue weighted by Gasteiger charge is -2.20. The van der Waals surface area contributed by atoms with Crippen molar-refractivity contribution in [3.63, 3.8) is 0 Å². The predicted molar refractivity (Wildman–Crippen MR) is 87.5 cm³/mol. The average molecular weight is 289 g/mol. The molecular weight excluding hydrogens is 268 g/mol. The first kappa shape index (κ1) is 14.9. The van der Waals surface area contributed by atoms with Crippen LogP contribution in [0.4, 0.5) is 5.69 Å². The number of hydrogen-bond acceptors (Lipinski definition) is 2. The van der Waals surface area contributed by atoms with Crippen LogP contribution in [-0.4, -0.2) is 14.1 Å². The number of benzene rings is 2. The minimum absolute atomic E-state index is 0.377. The van der Waals surface area contributed by atoms with Gasteiger partial charge in [-0.15, -0.1) is 0 Å². The van der Waals surface area contributed by atoms with Crippen LogP contribution in [0.5, 0.6) is 0 Å². The molecule has 0 aliphatic rings. The van der Waals surface area contributed by atoms with Crippen LogP contribution in [0.2, 0.25) is 5.02 Å². The van der Waals surface area contributed by atoms with Crippen molar-refractivity contribution >= 4 is 17.3 Å². The topological polar surface area (TPSA) is 15.3 Å². The van der Waals surface area contributed by atoms with Crippen LogP contribution in [0, 0.1) is 0 Å². The zero-order valence-electron chi connectivity index (χ0n) is 12.2. The number of anilines is 1. The molecule has 2 aromatic rings. The van der Waals surface area contributed by atoms with Gasteiger partial charge in [0.2, 0.25) is 0 Å². The maximum atomic E-state index is 6.02. The van der Waals surface area contributed by atoms with Crippen molar-refractivity contribution in [2.45, 2.75) is 19.5 Å². The smallest absolute Gasteiger partial charge is 0.0426 e. The second kappa shape index (κ2) is 6.78. The van der Waals surface area contributed by atoms with Gasteiger partial charge in [0.05, 0.1) is 0 Å². The Morgan fingerprint density at radius 2 is 1.85 bits per heavy atom. The van der Waals surface area contributed by atoms with E-state index in [2.05, 4.69) is 54.5 Å². The molecule has 0 amide bonds. The summed E-state index contributed by atoms with van der Waals surface area (Å²) in [4.78, 5) is 2.22. The fraction of sp³-hybridized carbons (Fsp3) is 0.294.